The molecule has 3 nitrogen and oxygen atoms in total. The molecular weight excluding hydrogens is 210 g/mol. The summed E-state index contributed by atoms with van der Waals surface area (Å²) in [4.78, 5) is 11.8. The van der Waals surface area contributed by atoms with Gasteiger partial charge < -0.3 is 10.8 Å². The van der Waals surface area contributed by atoms with E-state index < -0.39 is 5.97 Å². The second kappa shape index (κ2) is 5.07. The Labute approximate surface area is 93.7 Å². The van der Waals surface area contributed by atoms with Gasteiger partial charge in [0.25, 0.3) is 0 Å². The van der Waals surface area contributed by atoms with Crippen LogP contribution >= 0.6 is 11.8 Å². The molecule has 0 heterocycles. The van der Waals surface area contributed by atoms with Crippen LogP contribution in [0.15, 0.2) is 29.2 Å². The maximum atomic E-state index is 10.8. The van der Waals surface area contributed by atoms with Gasteiger partial charge in [-0.3, -0.25) is 4.79 Å². The van der Waals surface area contributed by atoms with E-state index in [2.05, 4.69) is 0 Å². The lowest BCUT2D eigenvalue weighted by Crippen LogP contribution is -2.19. The first-order chi connectivity index (χ1) is 7.00. The molecule has 0 saturated carbocycles. The molecule has 0 aromatic heterocycles. The summed E-state index contributed by atoms with van der Waals surface area (Å²) in [6, 6.07) is 7.46. The number of nitrogen functional groups attached to an aromatic ring is 1. The number of benzene rings is 1. The van der Waals surface area contributed by atoms with E-state index in [0.29, 0.717) is 0 Å². The van der Waals surface area contributed by atoms with Gasteiger partial charge in [0.05, 0.1) is 5.92 Å². The Morgan fingerprint density at radius 1 is 1.33 bits per heavy atom. The van der Waals surface area contributed by atoms with Crippen LogP contribution in [0.25, 0.3) is 0 Å². The summed E-state index contributed by atoms with van der Waals surface area (Å²) in [5.74, 6) is -1.11. The van der Waals surface area contributed by atoms with Crippen molar-refractivity contribution in [2.24, 2.45) is 5.92 Å². The monoisotopic (exact) mass is 225 g/mol. The van der Waals surface area contributed by atoms with Crippen molar-refractivity contribution in [3.8, 4) is 0 Å². The van der Waals surface area contributed by atoms with Crippen molar-refractivity contribution >= 4 is 23.4 Å². The molecule has 82 valence electrons. The molecule has 0 bridgehead atoms. The first-order valence-electron chi connectivity index (χ1n) is 4.75. The van der Waals surface area contributed by atoms with E-state index in [0.717, 1.165) is 10.6 Å². The maximum absolute atomic E-state index is 10.8. The largest absolute Gasteiger partial charge is 0.481 e. The van der Waals surface area contributed by atoms with Crippen LogP contribution in [0.3, 0.4) is 0 Å². The lowest BCUT2D eigenvalue weighted by atomic mass is 10.1. The minimum atomic E-state index is -0.759. The second-order valence-electron chi connectivity index (χ2n) is 3.52. The van der Waals surface area contributed by atoms with Crippen LogP contribution in [0.5, 0.6) is 0 Å². The lowest BCUT2D eigenvalue weighted by Gasteiger charge is -2.15. The third kappa shape index (κ3) is 3.47. The molecule has 0 aliphatic heterocycles. The third-order valence-corrected chi connectivity index (χ3v) is 3.62. The fourth-order valence-corrected chi connectivity index (χ4v) is 2.11. The van der Waals surface area contributed by atoms with Gasteiger partial charge in [0.2, 0.25) is 0 Å². The molecule has 3 N–H and O–H groups in total. The van der Waals surface area contributed by atoms with Crippen molar-refractivity contribution < 1.29 is 9.90 Å². The first kappa shape index (κ1) is 11.9. The summed E-state index contributed by atoms with van der Waals surface area (Å²) < 4.78 is 0. The standard InChI is InChI=1S/C11H15NO2S/c1-7(11(13)14)8(2)15-10-5-3-9(12)4-6-10/h3-8H,12H2,1-2H3,(H,13,14). The summed E-state index contributed by atoms with van der Waals surface area (Å²) in [5.41, 5.74) is 6.28. The third-order valence-electron chi connectivity index (χ3n) is 2.30. The Balaban J connectivity index is 2.62. The van der Waals surface area contributed by atoms with E-state index >= 15 is 0 Å². The van der Waals surface area contributed by atoms with E-state index in [9.17, 15) is 4.79 Å². The van der Waals surface area contributed by atoms with Gasteiger partial charge in [-0.2, -0.15) is 0 Å². The maximum Gasteiger partial charge on any atom is 0.307 e. The molecule has 1 rings (SSSR count). The fourth-order valence-electron chi connectivity index (χ4n) is 1.06. The van der Waals surface area contributed by atoms with Gasteiger partial charge in [0.15, 0.2) is 0 Å². The van der Waals surface area contributed by atoms with E-state index in [4.69, 9.17) is 10.8 Å². The van der Waals surface area contributed by atoms with Crippen molar-refractivity contribution in [1.29, 1.82) is 0 Å². The highest BCUT2D eigenvalue weighted by molar-refractivity contribution is 8.00. The predicted octanol–water partition coefficient (Wildman–Crippen LogP) is 2.47. The number of aliphatic carboxylic acids is 1. The van der Waals surface area contributed by atoms with Crippen molar-refractivity contribution in [2.75, 3.05) is 5.73 Å². The van der Waals surface area contributed by atoms with Gasteiger partial charge >= 0.3 is 5.97 Å². The number of hydrogen-bond acceptors (Lipinski definition) is 3. The molecule has 0 amide bonds. The minimum Gasteiger partial charge on any atom is -0.481 e. The first-order valence-corrected chi connectivity index (χ1v) is 5.63. The molecule has 1 aromatic carbocycles. The topological polar surface area (TPSA) is 63.3 Å². The summed E-state index contributed by atoms with van der Waals surface area (Å²) in [7, 11) is 0. The quantitative estimate of drug-likeness (QED) is 0.610. The molecule has 0 aliphatic carbocycles. The van der Waals surface area contributed by atoms with Crippen LogP contribution in [-0.4, -0.2) is 16.3 Å². The number of hydrogen-bond donors (Lipinski definition) is 2. The summed E-state index contributed by atoms with van der Waals surface area (Å²) in [6.45, 7) is 3.64. The Hall–Kier alpha value is -1.16. The molecule has 4 heteroatoms. The average molecular weight is 225 g/mol. The normalized spacial score (nSPS) is 14.5. The van der Waals surface area contributed by atoms with Gasteiger partial charge in [-0.1, -0.05) is 13.8 Å². The van der Waals surface area contributed by atoms with Crippen molar-refractivity contribution in [2.45, 2.75) is 24.0 Å². The fraction of sp³-hybridized carbons (Fsp3) is 0.364. The summed E-state index contributed by atoms with van der Waals surface area (Å²) >= 11 is 1.55. The van der Waals surface area contributed by atoms with E-state index in [1.54, 1.807) is 18.7 Å². The zero-order valence-corrected chi connectivity index (χ0v) is 9.62. The van der Waals surface area contributed by atoms with Crippen LogP contribution in [0.4, 0.5) is 5.69 Å². The molecular formula is C11H15NO2S. The molecule has 2 atom stereocenters. The number of carbonyl (C=O) groups is 1. The highest BCUT2D eigenvalue weighted by Gasteiger charge is 2.19. The van der Waals surface area contributed by atoms with E-state index in [1.807, 2.05) is 31.2 Å². The van der Waals surface area contributed by atoms with Crippen molar-refractivity contribution in [1.82, 2.24) is 0 Å². The molecule has 1 aromatic rings. The highest BCUT2D eigenvalue weighted by Crippen LogP contribution is 2.28. The molecule has 2 unspecified atom stereocenters. The summed E-state index contributed by atoms with van der Waals surface area (Å²) in [5, 5.41) is 8.89. The van der Waals surface area contributed by atoms with Crippen molar-refractivity contribution in [3.05, 3.63) is 24.3 Å². The number of nitrogens with two attached hydrogens (primary N) is 1. The minimum absolute atomic E-state index is 0.0473. The van der Waals surface area contributed by atoms with Gasteiger partial charge in [-0.05, 0) is 24.3 Å². The van der Waals surface area contributed by atoms with Gasteiger partial charge in [0.1, 0.15) is 0 Å². The number of rotatable bonds is 4. The number of carboxylic acid groups (broad SMARTS) is 1. The molecule has 0 spiro atoms. The predicted molar refractivity (Wildman–Crippen MR) is 63.0 cm³/mol. The zero-order chi connectivity index (χ0) is 11.4. The van der Waals surface area contributed by atoms with Crippen LogP contribution in [-0.2, 0) is 4.79 Å². The van der Waals surface area contributed by atoms with Crippen LogP contribution < -0.4 is 5.73 Å². The van der Waals surface area contributed by atoms with Gasteiger partial charge in [0, 0.05) is 15.8 Å². The van der Waals surface area contributed by atoms with E-state index in [1.165, 1.54) is 0 Å². The van der Waals surface area contributed by atoms with Crippen molar-refractivity contribution in [3.63, 3.8) is 0 Å². The molecule has 15 heavy (non-hydrogen) atoms. The highest BCUT2D eigenvalue weighted by atomic mass is 32.2. The molecule has 0 saturated heterocycles. The Morgan fingerprint density at radius 3 is 2.33 bits per heavy atom. The Kier molecular flexibility index (Phi) is 4.03. The smallest absolute Gasteiger partial charge is 0.307 e. The van der Waals surface area contributed by atoms with Gasteiger partial charge in [-0.25, -0.2) is 0 Å². The van der Waals surface area contributed by atoms with Crippen LogP contribution in [0.1, 0.15) is 13.8 Å². The van der Waals surface area contributed by atoms with Gasteiger partial charge in [-0.15, -0.1) is 11.8 Å². The number of anilines is 1. The molecule has 0 fully saturated rings. The van der Waals surface area contributed by atoms with Crippen LogP contribution in [0, 0.1) is 5.92 Å². The number of carboxylic acids is 1. The van der Waals surface area contributed by atoms with Crippen LogP contribution in [0.2, 0.25) is 0 Å². The second-order valence-corrected chi connectivity index (χ2v) is 4.97. The molecule has 0 radical (unpaired) electrons. The van der Waals surface area contributed by atoms with E-state index in [-0.39, 0.29) is 11.2 Å². The Morgan fingerprint density at radius 2 is 1.87 bits per heavy atom. The Bertz CT molecular complexity index is 337. The average Bonchev–Trinajstić information content (AvgIpc) is 2.20. The zero-order valence-electron chi connectivity index (χ0n) is 8.81. The number of thioether (sulfide) groups is 1. The SMILES string of the molecule is CC(Sc1ccc(N)cc1)C(C)C(=O)O. The lowest BCUT2D eigenvalue weighted by molar-refractivity contribution is -0.140. The summed E-state index contributed by atoms with van der Waals surface area (Å²) in [6.07, 6.45) is 0. The molecule has 0 aliphatic rings.